The summed E-state index contributed by atoms with van der Waals surface area (Å²) in [5, 5.41) is 17.4. The number of nitrogens with zero attached hydrogens (tertiary/aromatic N) is 4. The minimum atomic E-state index is -0.659. The van der Waals surface area contributed by atoms with E-state index in [2.05, 4.69) is 52.0 Å². The van der Waals surface area contributed by atoms with Gasteiger partial charge in [-0.2, -0.15) is 0 Å². The SMILES string of the molecule is COc1ccc2c(c1)C(c1ccc(Cl)cc1)=N[C@@H](CC(=O)NCC(=O)NCCc1cccc3c(C)cccc13)c1nnc(C)n1-2. The lowest BCUT2D eigenvalue weighted by atomic mass is 9.99. The molecule has 1 atom stereocenters. The molecule has 228 valence electrons. The summed E-state index contributed by atoms with van der Waals surface area (Å²) >= 11 is 6.19. The first-order chi connectivity index (χ1) is 21.8. The number of benzene rings is 4. The van der Waals surface area contributed by atoms with Crippen LogP contribution in [0.15, 0.2) is 83.9 Å². The standard InChI is InChI=1S/C35H33ClN6O3/c1-21-6-4-9-28-23(7-5-8-27(21)28)16-17-37-33(44)20-38-32(43)19-30-35-41-40-22(2)42(35)31-15-14-26(45-3)18-29(31)34(39-30)24-10-12-25(36)13-11-24/h4-15,18,30H,16-17,19-20H2,1-3H3,(H,37,44)(H,38,43)/t30-/m0/s1. The van der Waals surface area contributed by atoms with Crippen LogP contribution < -0.4 is 15.4 Å². The zero-order chi connectivity index (χ0) is 31.5. The van der Waals surface area contributed by atoms with E-state index in [1.54, 1.807) is 19.2 Å². The zero-order valence-electron chi connectivity index (χ0n) is 25.3. The average molecular weight is 621 g/mol. The molecule has 1 aliphatic heterocycles. The van der Waals surface area contributed by atoms with Crippen molar-refractivity contribution in [3.05, 3.63) is 118 Å². The molecule has 2 heterocycles. The van der Waals surface area contributed by atoms with Crippen molar-refractivity contribution in [1.29, 1.82) is 0 Å². The maximum Gasteiger partial charge on any atom is 0.239 e. The third-order valence-electron chi connectivity index (χ3n) is 8.02. The average Bonchev–Trinajstić information content (AvgIpc) is 3.37. The van der Waals surface area contributed by atoms with Crippen molar-refractivity contribution in [1.82, 2.24) is 25.4 Å². The summed E-state index contributed by atoms with van der Waals surface area (Å²) < 4.78 is 7.45. The highest BCUT2D eigenvalue weighted by molar-refractivity contribution is 6.30. The van der Waals surface area contributed by atoms with Gasteiger partial charge in [0.1, 0.15) is 17.6 Å². The van der Waals surface area contributed by atoms with Gasteiger partial charge in [-0.05, 0) is 72.5 Å². The predicted molar refractivity (Wildman–Crippen MR) is 176 cm³/mol. The molecule has 1 aliphatic rings. The number of ether oxygens (including phenoxy) is 1. The van der Waals surface area contributed by atoms with Crippen LogP contribution in [0.25, 0.3) is 16.5 Å². The molecular weight excluding hydrogens is 588 g/mol. The normalized spacial score (nSPS) is 13.8. The van der Waals surface area contributed by atoms with Gasteiger partial charge in [-0.1, -0.05) is 60.1 Å². The molecule has 0 saturated carbocycles. The smallest absolute Gasteiger partial charge is 0.239 e. The maximum absolute atomic E-state index is 13.2. The molecule has 1 aromatic heterocycles. The number of fused-ring (bicyclic) bond motifs is 4. The third kappa shape index (κ3) is 6.30. The van der Waals surface area contributed by atoms with Crippen molar-refractivity contribution in [3.8, 4) is 11.4 Å². The van der Waals surface area contributed by atoms with Gasteiger partial charge in [0.15, 0.2) is 5.82 Å². The van der Waals surface area contributed by atoms with Crippen molar-refractivity contribution in [2.45, 2.75) is 32.7 Å². The number of aromatic nitrogens is 3. The Kier molecular flexibility index (Phi) is 8.62. The van der Waals surface area contributed by atoms with Gasteiger partial charge in [0.25, 0.3) is 0 Å². The summed E-state index contributed by atoms with van der Waals surface area (Å²) in [6.07, 6.45) is 0.661. The molecule has 0 saturated heterocycles. The number of carbonyl (C=O) groups excluding carboxylic acids is 2. The minimum absolute atomic E-state index is 0.0248. The lowest BCUT2D eigenvalue weighted by molar-refractivity contribution is -0.126. The lowest BCUT2D eigenvalue weighted by Crippen LogP contribution is -2.38. The topological polar surface area (TPSA) is 110 Å². The quantitative estimate of drug-likeness (QED) is 0.227. The second kappa shape index (κ2) is 12.9. The van der Waals surface area contributed by atoms with Gasteiger partial charge >= 0.3 is 0 Å². The fourth-order valence-corrected chi connectivity index (χ4v) is 5.88. The molecule has 0 unspecified atom stereocenters. The van der Waals surface area contributed by atoms with E-state index in [1.807, 2.05) is 54.0 Å². The highest BCUT2D eigenvalue weighted by atomic mass is 35.5. The van der Waals surface area contributed by atoms with Crippen LogP contribution in [0.4, 0.5) is 0 Å². The fraction of sp³-hybridized carbons (Fsp3) is 0.229. The zero-order valence-corrected chi connectivity index (χ0v) is 26.1. The molecule has 0 aliphatic carbocycles. The number of nitrogens with one attached hydrogen (secondary N) is 2. The summed E-state index contributed by atoms with van der Waals surface area (Å²) in [7, 11) is 1.61. The number of hydrogen-bond acceptors (Lipinski definition) is 6. The third-order valence-corrected chi connectivity index (χ3v) is 8.27. The Morgan fingerprint density at radius 3 is 2.49 bits per heavy atom. The van der Waals surface area contributed by atoms with Crippen LogP contribution in [0.3, 0.4) is 0 Å². The molecule has 10 heteroatoms. The van der Waals surface area contributed by atoms with Gasteiger partial charge in [0.2, 0.25) is 11.8 Å². The summed E-state index contributed by atoms with van der Waals surface area (Å²) in [6.45, 7) is 4.27. The number of amides is 2. The van der Waals surface area contributed by atoms with Crippen molar-refractivity contribution >= 4 is 39.9 Å². The fourth-order valence-electron chi connectivity index (χ4n) is 5.75. The second-order valence-corrected chi connectivity index (χ2v) is 11.4. The number of rotatable bonds is 9. The van der Waals surface area contributed by atoms with E-state index in [4.69, 9.17) is 21.3 Å². The Morgan fingerprint density at radius 2 is 1.69 bits per heavy atom. The molecule has 6 rings (SSSR count). The van der Waals surface area contributed by atoms with Crippen LogP contribution in [0.1, 0.15) is 46.4 Å². The van der Waals surface area contributed by atoms with Gasteiger partial charge in [-0.3, -0.25) is 19.1 Å². The molecule has 0 radical (unpaired) electrons. The summed E-state index contributed by atoms with van der Waals surface area (Å²) in [5.41, 5.74) is 5.52. The Labute approximate surface area is 266 Å². The van der Waals surface area contributed by atoms with Gasteiger partial charge in [-0.15, -0.1) is 10.2 Å². The number of aliphatic imine (C=N–C) groups is 1. The van der Waals surface area contributed by atoms with E-state index < -0.39 is 6.04 Å². The van der Waals surface area contributed by atoms with Gasteiger partial charge in [0, 0.05) is 22.7 Å². The predicted octanol–water partition coefficient (Wildman–Crippen LogP) is 5.46. The summed E-state index contributed by atoms with van der Waals surface area (Å²) in [5.74, 6) is 1.28. The molecule has 2 N–H and O–H groups in total. The van der Waals surface area contributed by atoms with Crippen molar-refractivity contribution < 1.29 is 14.3 Å². The van der Waals surface area contributed by atoms with Gasteiger partial charge in [-0.25, -0.2) is 0 Å². The highest BCUT2D eigenvalue weighted by Gasteiger charge is 2.30. The lowest BCUT2D eigenvalue weighted by Gasteiger charge is -2.14. The molecule has 0 spiro atoms. The number of carbonyl (C=O) groups is 2. The van der Waals surface area contributed by atoms with Crippen LogP contribution in [0, 0.1) is 13.8 Å². The molecule has 4 aromatic carbocycles. The molecule has 9 nitrogen and oxygen atoms in total. The van der Waals surface area contributed by atoms with Gasteiger partial charge in [0.05, 0.1) is 31.5 Å². The molecule has 0 fully saturated rings. The molecule has 45 heavy (non-hydrogen) atoms. The Bertz CT molecular complexity index is 1930. The molecule has 0 bridgehead atoms. The largest absolute Gasteiger partial charge is 0.497 e. The Balaban J connectivity index is 1.17. The number of methoxy groups -OCH3 is 1. The van der Waals surface area contributed by atoms with Crippen LogP contribution in [0.5, 0.6) is 5.75 Å². The van der Waals surface area contributed by atoms with Crippen LogP contribution in [0.2, 0.25) is 5.02 Å². The van der Waals surface area contributed by atoms with Crippen molar-refractivity contribution in [3.63, 3.8) is 0 Å². The van der Waals surface area contributed by atoms with Crippen molar-refractivity contribution in [2.24, 2.45) is 4.99 Å². The number of hydrogen-bond donors (Lipinski definition) is 2. The Hall–Kier alpha value is -5.02. The van der Waals surface area contributed by atoms with E-state index in [1.165, 1.54) is 21.9 Å². The van der Waals surface area contributed by atoms with Crippen LogP contribution in [-0.2, 0) is 16.0 Å². The summed E-state index contributed by atoms with van der Waals surface area (Å²) in [6, 6.07) is 24.9. The van der Waals surface area contributed by atoms with Crippen LogP contribution >= 0.6 is 11.6 Å². The van der Waals surface area contributed by atoms with E-state index in [0.29, 0.717) is 41.1 Å². The van der Waals surface area contributed by atoms with E-state index in [0.717, 1.165) is 16.8 Å². The van der Waals surface area contributed by atoms with Gasteiger partial charge < -0.3 is 15.4 Å². The number of halogens is 1. The van der Waals surface area contributed by atoms with Crippen LogP contribution in [-0.4, -0.2) is 52.5 Å². The second-order valence-electron chi connectivity index (χ2n) is 11.0. The first-order valence-corrected chi connectivity index (χ1v) is 15.1. The van der Waals surface area contributed by atoms with Crippen molar-refractivity contribution in [2.75, 3.05) is 20.2 Å². The first-order valence-electron chi connectivity index (χ1n) is 14.8. The van der Waals surface area contributed by atoms with E-state index in [-0.39, 0.29) is 24.8 Å². The monoisotopic (exact) mass is 620 g/mol. The first kappa shape index (κ1) is 30.0. The van der Waals surface area contributed by atoms with E-state index in [9.17, 15) is 9.59 Å². The molecular formula is C35H33ClN6O3. The van der Waals surface area contributed by atoms with E-state index >= 15 is 0 Å². The highest BCUT2D eigenvalue weighted by Crippen LogP contribution is 2.34. The Morgan fingerprint density at radius 1 is 0.911 bits per heavy atom. The summed E-state index contributed by atoms with van der Waals surface area (Å²) in [4.78, 5) is 31.0. The minimum Gasteiger partial charge on any atom is -0.497 e. The maximum atomic E-state index is 13.2. The number of aryl methyl sites for hydroxylation is 2. The molecule has 2 amide bonds. The molecule has 5 aromatic rings.